The highest BCUT2D eigenvalue weighted by atomic mass is 32.2. The van der Waals surface area contributed by atoms with Crippen LogP contribution in [0.3, 0.4) is 0 Å². The van der Waals surface area contributed by atoms with Gasteiger partial charge in [0.1, 0.15) is 22.3 Å². The van der Waals surface area contributed by atoms with Crippen molar-refractivity contribution in [2.24, 2.45) is 0 Å². The van der Waals surface area contributed by atoms with Gasteiger partial charge in [-0.3, -0.25) is 4.79 Å². The number of carbonyl (C=O) groups excluding carboxylic acids is 1. The number of aromatic hydroxyl groups is 1. The Labute approximate surface area is 164 Å². The van der Waals surface area contributed by atoms with Crippen LogP contribution in [0, 0.1) is 6.92 Å². The average molecular weight is 395 g/mol. The fourth-order valence-electron chi connectivity index (χ4n) is 4.07. The number of thioether (sulfide) groups is 1. The molecule has 2 aromatic carbocycles. The second-order valence-electron chi connectivity index (χ2n) is 6.98. The third-order valence-electron chi connectivity index (χ3n) is 5.31. The van der Waals surface area contributed by atoms with Crippen LogP contribution in [0.4, 0.5) is 5.69 Å². The first-order valence-electron chi connectivity index (χ1n) is 9.02. The van der Waals surface area contributed by atoms with Crippen LogP contribution < -0.4 is 15.3 Å². The number of esters is 1. The number of fused-ring (bicyclic) bond motifs is 5. The van der Waals surface area contributed by atoms with Crippen molar-refractivity contribution >= 4 is 34.4 Å². The molecular formula is C21H17NO5S. The van der Waals surface area contributed by atoms with Gasteiger partial charge >= 0.3 is 11.6 Å². The maximum atomic E-state index is 12.8. The predicted octanol–water partition coefficient (Wildman–Crippen LogP) is 3.77. The Morgan fingerprint density at radius 2 is 2.00 bits per heavy atom. The zero-order valence-corrected chi connectivity index (χ0v) is 16.1. The molecule has 3 heterocycles. The number of rotatable bonds is 1. The highest BCUT2D eigenvalue weighted by molar-refractivity contribution is 8.00. The molecular weight excluding hydrogens is 378 g/mol. The summed E-state index contributed by atoms with van der Waals surface area (Å²) in [6.07, 6.45) is 0. The molecule has 0 saturated carbocycles. The second-order valence-corrected chi connectivity index (χ2v) is 8.16. The molecule has 0 spiro atoms. The van der Waals surface area contributed by atoms with Crippen molar-refractivity contribution in [2.75, 3.05) is 11.4 Å². The number of nitrogens with zero attached hydrogens (tertiary/aromatic N) is 1. The van der Waals surface area contributed by atoms with Crippen LogP contribution in [0.25, 0.3) is 11.0 Å². The molecule has 3 aromatic rings. The standard InChI is InChI=1S/C21H17NO5S/c1-3-22-14-7-11(23)4-5-17(14)28-20-19(22)13-8-12-10(2)6-18(24)26-15(12)9-16(13)27-21(20)25/h4-9,19-20,23H,3H2,1-2H3. The van der Waals surface area contributed by atoms with Gasteiger partial charge in [-0.2, -0.15) is 0 Å². The van der Waals surface area contributed by atoms with Crippen molar-refractivity contribution in [2.45, 2.75) is 30.0 Å². The van der Waals surface area contributed by atoms with E-state index in [-0.39, 0.29) is 17.8 Å². The third-order valence-corrected chi connectivity index (χ3v) is 6.62. The number of aryl methyl sites for hydroxylation is 1. The van der Waals surface area contributed by atoms with E-state index in [1.165, 1.54) is 17.8 Å². The van der Waals surface area contributed by atoms with Crippen molar-refractivity contribution < 1.29 is 19.1 Å². The minimum atomic E-state index is -0.433. The fraction of sp³-hybridized carbons (Fsp3) is 0.238. The first kappa shape index (κ1) is 17.2. The van der Waals surface area contributed by atoms with Crippen LogP contribution in [0.2, 0.25) is 0 Å². The fourth-order valence-corrected chi connectivity index (χ4v) is 5.35. The molecule has 2 unspecified atom stereocenters. The quantitative estimate of drug-likeness (QED) is 0.382. The Hall–Kier alpha value is -2.93. The number of hydrogen-bond acceptors (Lipinski definition) is 7. The van der Waals surface area contributed by atoms with Crippen LogP contribution in [0.5, 0.6) is 11.5 Å². The molecule has 2 aliphatic heterocycles. The summed E-state index contributed by atoms with van der Waals surface area (Å²) in [5.41, 5.74) is 2.55. The lowest BCUT2D eigenvalue weighted by Crippen LogP contribution is -2.46. The molecule has 0 amide bonds. The second kappa shape index (κ2) is 6.04. The van der Waals surface area contributed by atoms with Gasteiger partial charge in [-0.25, -0.2) is 4.79 Å². The average Bonchev–Trinajstić information content (AvgIpc) is 2.65. The van der Waals surface area contributed by atoms with Gasteiger partial charge in [-0.1, -0.05) is 0 Å². The highest BCUT2D eigenvalue weighted by Crippen LogP contribution is 2.53. The van der Waals surface area contributed by atoms with E-state index in [1.807, 2.05) is 26.0 Å². The van der Waals surface area contributed by atoms with Crippen molar-refractivity contribution in [1.82, 2.24) is 0 Å². The summed E-state index contributed by atoms with van der Waals surface area (Å²) in [6.45, 7) is 4.54. The predicted molar refractivity (Wildman–Crippen MR) is 106 cm³/mol. The van der Waals surface area contributed by atoms with E-state index in [2.05, 4.69) is 4.90 Å². The van der Waals surface area contributed by atoms with Gasteiger partial charge in [0.15, 0.2) is 0 Å². The van der Waals surface area contributed by atoms with Crippen LogP contribution in [-0.4, -0.2) is 22.9 Å². The first-order valence-corrected chi connectivity index (χ1v) is 9.90. The molecule has 1 aromatic heterocycles. The summed E-state index contributed by atoms with van der Waals surface area (Å²) < 4.78 is 10.9. The summed E-state index contributed by atoms with van der Waals surface area (Å²) in [7, 11) is 0. The van der Waals surface area contributed by atoms with E-state index in [0.717, 1.165) is 27.1 Å². The highest BCUT2D eigenvalue weighted by Gasteiger charge is 2.45. The molecule has 1 N–H and O–H groups in total. The van der Waals surface area contributed by atoms with Gasteiger partial charge in [0, 0.05) is 40.6 Å². The molecule has 5 rings (SSSR count). The van der Waals surface area contributed by atoms with Gasteiger partial charge in [0.05, 0.1) is 11.7 Å². The molecule has 0 fully saturated rings. The Balaban J connectivity index is 1.76. The minimum absolute atomic E-state index is 0.186. The zero-order chi connectivity index (χ0) is 19.6. The van der Waals surface area contributed by atoms with Crippen LogP contribution in [0.1, 0.15) is 24.1 Å². The van der Waals surface area contributed by atoms with E-state index in [0.29, 0.717) is 17.9 Å². The first-order chi connectivity index (χ1) is 13.5. The van der Waals surface area contributed by atoms with Crippen LogP contribution >= 0.6 is 11.8 Å². The Morgan fingerprint density at radius 1 is 1.18 bits per heavy atom. The van der Waals surface area contributed by atoms with Gasteiger partial charge in [-0.05, 0) is 37.6 Å². The largest absolute Gasteiger partial charge is 0.508 e. The van der Waals surface area contributed by atoms with Gasteiger partial charge in [-0.15, -0.1) is 11.8 Å². The maximum absolute atomic E-state index is 12.8. The van der Waals surface area contributed by atoms with Gasteiger partial charge in [0.25, 0.3) is 0 Å². The summed E-state index contributed by atoms with van der Waals surface area (Å²) in [5.74, 6) is 0.273. The molecule has 0 bridgehead atoms. The van der Waals surface area contributed by atoms with E-state index in [4.69, 9.17) is 9.15 Å². The number of ether oxygens (including phenoxy) is 1. The third kappa shape index (κ3) is 2.43. The lowest BCUT2D eigenvalue weighted by molar-refractivity contribution is -0.135. The Kier molecular flexibility index (Phi) is 3.71. The number of phenolic OH excluding ortho intramolecular Hbond substituents is 1. The molecule has 0 radical (unpaired) electrons. The normalized spacial score (nSPS) is 20.4. The Morgan fingerprint density at radius 3 is 2.79 bits per heavy atom. The molecule has 2 atom stereocenters. The summed E-state index contributed by atoms with van der Waals surface area (Å²) >= 11 is 1.45. The SMILES string of the molecule is CCN1c2cc(O)ccc2SC2C(=O)Oc3cc4oc(=O)cc(C)c4cc3C21. The molecule has 0 aliphatic carbocycles. The lowest BCUT2D eigenvalue weighted by Gasteiger charge is -2.44. The van der Waals surface area contributed by atoms with E-state index in [1.54, 1.807) is 18.2 Å². The van der Waals surface area contributed by atoms with Crippen LogP contribution in [-0.2, 0) is 4.79 Å². The number of carbonyl (C=O) groups is 1. The van der Waals surface area contributed by atoms with Gasteiger partial charge < -0.3 is 19.2 Å². The maximum Gasteiger partial charge on any atom is 0.336 e. The lowest BCUT2D eigenvalue weighted by atomic mass is 9.94. The molecule has 142 valence electrons. The van der Waals surface area contributed by atoms with Crippen molar-refractivity contribution in [3.05, 3.63) is 57.9 Å². The monoisotopic (exact) mass is 395 g/mol. The number of anilines is 1. The molecule has 0 saturated heterocycles. The molecule has 7 heteroatoms. The molecule has 28 heavy (non-hydrogen) atoms. The summed E-state index contributed by atoms with van der Waals surface area (Å²) in [5, 5.41) is 10.4. The van der Waals surface area contributed by atoms with Crippen molar-refractivity contribution in [3.8, 4) is 11.5 Å². The van der Waals surface area contributed by atoms with E-state index >= 15 is 0 Å². The zero-order valence-electron chi connectivity index (χ0n) is 15.3. The number of hydrogen-bond donors (Lipinski definition) is 1. The Bertz CT molecular complexity index is 1200. The summed E-state index contributed by atoms with van der Waals surface area (Å²) in [4.78, 5) is 27.6. The number of phenols is 1. The van der Waals surface area contributed by atoms with Crippen LogP contribution in [0.15, 0.2) is 50.5 Å². The van der Waals surface area contributed by atoms with Crippen molar-refractivity contribution in [1.29, 1.82) is 0 Å². The summed E-state index contributed by atoms with van der Waals surface area (Å²) in [6, 6.07) is 9.98. The molecule has 6 nitrogen and oxygen atoms in total. The topological polar surface area (TPSA) is 80.0 Å². The number of benzene rings is 2. The van der Waals surface area contributed by atoms with E-state index in [9.17, 15) is 14.7 Å². The minimum Gasteiger partial charge on any atom is -0.508 e. The molecule has 2 aliphatic rings. The smallest absolute Gasteiger partial charge is 0.336 e. The van der Waals surface area contributed by atoms with E-state index < -0.39 is 10.9 Å². The van der Waals surface area contributed by atoms with Crippen molar-refractivity contribution in [3.63, 3.8) is 0 Å². The van der Waals surface area contributed by atoms with Gasteiger partial charge in [0.2, 0.25) is 0 Å².